The lowest BCUT2D eigenvalue weighted by atomic mass is 9.99. The summed E-state index contributed by atoms with van der Waals surface area (Å²) in [6.45, 7) is 3.87. The first-order valence-electron chi connectivity index (χ1n) is 8.24. The normalized spacial score (nSPS) is 11.2. The largest absolute Gasteiger partial charge is 0.495 e. The Balaban J connectivity index is 2.00. The van der Waals surface area contributed by atoms with Crippen molar-refractivity contribution in [1.29, 1.82) is 0 Å². The average Bonchev–Trinajstić information content (AvgIpc) is 2.63. The number of ether oxygens (including phenoxy) is 1. The van der Waals surface area contributed by atoms with Gasteiger partial charge in [-0.2, -0.15) is 0 Å². The molecule has 0 saturated carbocycles. The number of methoxy groups -OCH3 is 1. The Labute approximate surface area is 154 Å². The molecule has 0 saturated heterocycles. The standard InChI is InChI=1S/C21H21NO3S/c1-15-9-11-18(12-10-15)26(23,24)22-20-13-16(2)19(14-21(20)25-3)17-7-5-4-6-8-17/h4-14,22H,1-3H3. The van der Waals surface area contributed by atoms with Gasteiger partial charge in [0.1, 0.15) is 5.75 Å². The van der Waals surface area contributed by atoms with E-state index in [1.165, 1.54) is 7.11 Å². The summed E-state index contributed by atoms with van der Waals surface area (Å²) in [4.78, 5) is 0.218. The van der Waals surface area contributed by atoms with Crippen LogP contribution in [-0.4, -0.2) is 15.5 Å². The first-order chi connectivity index (χ1) is 12.4. The number of hydrogen-bond acceptors (Lipinski definition) is 3. The minimum absolute atomic E-state index is 0.218. The molecule has 26 heavy (non-hydrogen) atoms. The van der Waals surface area contributed by atoms with Crippen molar-refractivity contribution < 1.29 is 13.2 Å². The smallest absolute Gasteiger partial charge is 0.262 e. The van der Waals surface area contributed by atoms with Gasteiger partial charge in [-0.25, -0.2) is 8.42 Å². The van der Waals surface area contributed by atoms with Crippen molar-refractivity contribution in [3.8, 4) is 16.9 Å². The van der Waals surface area contributed by atoms with E-state index in [4.69, 9.17) is 4.74 Å². The number of aryl methyl sites for hydroxylation is 2. The number of nitrogens with one attached hydrogen (secondary N) is 1. The predicted octanol–water partition coefficient (Wildman–Crippen LogP) is 4.78. The van der Waals surface area contributed by atoms with Crippen molar-refractivity contribution in [3.63, 3.8) is 0 Å². The second kappa shape index (κ2) is 7.22. The third kappa shape index (κ3) is 3.73. The van der Waals surface area contributed by atoms with Gasteiger partial charge in [0.15, 0.2) is 0 Å². The second-order valence-corrected chi connectivity index (χ2v) is 7.83. The van der Waals surface area contributed by atoms with E-state index in [2.05, 4.69) is 4.72 Å². The summed E-state index contributed by atoms with van der Waals surface area (Å²) >= 11 is 0. The lowest BCUT2D eigenvalue weighted by molar-refractivity contribution is 0.417. The number of hydrogen-bond donors (Lipinski definition) is 1. The summed E-state index contributed by atoms with van der Waals surface area (Å²) in [5, 5.41) is 0. The SMILES string of the molecule is COc1cc(-c2ccccc2)c(C)cc1NS(=O)(=O)c1ccc(C)cc1. The Bertz CT molecular complexity index is 1010. The second-order valence-electron chi connectivity index (χ2n) is 6.15. The highest BCUT2D eigenvalue weighted by Crippen LogP contribution is 2.35. The zero-order valence-electron chi connectivity index (χ0n) is 15.0. The monoisotopic (exact) mass is 367 g/mol. The van der Waals surface area contributed by atoms with E-state index >= 15 is 0 Å². The molecule has 0 heterocycles. The van der Waals surface area contributed by atoms with Crippen LogP contribution in [0.3, 0.4) is 0 Å². The molecule has 0 aromatic heterocycles. The molecule has 0 aliphatic rings. The molecule has 5 heteroatoms. The van der Waals surface area contributed by atoms with E-state index in [1.54, 1.807) is 30.3 Å². The van der Waals surface area contributed by atoms with Crippen LogP contribution in [0.15, 0.2) is 71.6 Å². The van der Waals surface area contributed by atoms with Crippen LogP contribution in [0.1, 0.15) is 11.1 Å². The Kier molecular flexibility index (Phi) is 5.00. The van der Waals surface area contributed by atoms with Crippen molar-refractivity contribution in [2.75, 3.05) is 11.8 Å². The Morgan fingerprint density at radius 2 is 1.54 bits per heavy atom. The molecule has 0 aliphatic heterocycles. The molecule has 0 spiro atoms. The van der Waals surface area contributed by atoms with Crippen LogP contribution in [0.2, 0.25) is 0 Å². The van der Waals surface area contributed by atoms with E-state index < -0.39 is 10.0 Å². The Morgan fingerprint density at radius 3 is 2.15 bits per heavy atom. The first-order valence-corrected chi connectivity index (χ1v) is 9.72. The van der Waals surface area contributed by atoms with E-state index in [0.717, 1.165) is 22.3 Å². The lowest BCUT2D eigenvalue weighted by Gasteiger charge is -2.16. The Hall–Kier alpha value is -2.79. The molecule has 0 amide bonds. The van der Waals surface area contributed by atoms with Crippen LogP contribution >= 0.6 is 0 Å². The van der Waals surface area contributed by atoms with Gasteiger partial charge in [0.05, 0.1) is 17.7 Å². The molecule has 4 nitrogen and oxygen atoms in total. The third-order valence-electron chi connectivity index (χ3n) is 4.21. The molecule has 3 aromatic rings. The predicted molar refractivity (Wildman–Crippen MR) is 105 cm³/mol. The molecule has 0 bridgehead atoms. The van der Waals surface area contributed by atoms with Crippen molar-refractivity contribution in [1.82, 2.24) is 0 Å². The minimum atomic E-state index is -3.69. The topological polar surface area (TPSA) is 55.4 Å². The molecule has 1 N–H and O–H groups in total. The number of benzene rings is 3. The molecule has 0 radical (unpaired) electrons. The molecular weight excluding hydrogens is 346 g/mol. The number of anilines is 1. The molecule has 0 unspecified atom stereocenters. The van der Waals surface area contributed by atoms with Gasteiger partial charge in [0, 0.05) is 0 Å². The van der Waals surface area contributed by atoms with Crippen LogP contribution in [0.5, 0.6) is 5.75 Å². The lowest BCUT2D eigenvalue weighted by Crippen LogP contribution is -2.14. The molecule has 0 aliphatic carbocycles. The van der Waals surface area contributed by atoms with Crippen LogP contribution < -0.4 is 9.46 Å². The van der Waals surface area contributed by atoms with Gasteiger partial charge in [0.25, 0.3) is 10.0 Å². The third-order valence-corrected chi connectivity index (χ3v) is 5.59. The zero-order chi connectivity index (χ0) is 18.7. The van der Waals surface area contributed by atoms with Crippen molar-refractivity contribution in [2.24, 2.45) is 0 Å². The fraction of sp³-hybridized carbons (Fsp3) is 0.143. The molecule has 134 valence electrons. The van der Waals surface area contributed by atoms with Crippen molar-refractivity contribution in [3.05, 3.63) is 77.9 Å². The molecule has 0 atom stereocenters. The maximum atomic E-state index is 12.7. The zero-order valence-corrected chi connectivity index (χ0v) is 15.8. The maximum Gasteiger partial charge on any atom is 0.262 e. The molecule has 3 aromatic carbocycles. The summed E-state index contributed by atoms with van der Waals surface area (Å²) in [5.41, 5.74) is 4.44. The summed E-state index contributed by atoms with van der Waals surface area (Å²) in [6.07, 6.45) is 0. The van der Waals surface area contributed by atoms with Gasteiger partial charge >= 0.3 is 0 Å². The average molecular weight is 367 g/mol. The maximum absolute atomic E-state index is 12.7. The fourth-order valence-corrected chi connectivity index (χ4v) is 3.85. The van der Waals surface area contributed by atoms with Gasteiger partial charge in [-0.05, 0) is 54.8 Å². The first kappa shape index (κ1) is 18.0. The summed E-state index contributed by atoms with van der Waals surface area (Å²) in [5.74, 6) is 0.477. The van der Waals surface area contributed by atoms with E-state index in [9.17, 15) is 8.42 Å². The van der Waals surface area contributed by atoms with Crippen LogP contribution in [-0.2, 0) is 10.0 Å². The van der Waals surface area contributed by atoms with Gasteiger partial charge in [-0.15, -0.1) is 0 Å². The van der Waals surface area contributed by atoms with Crippen LogP contribution in [0, 0.1) is 13.8 Å². The molecular formula is C21H21NO3S. The Morgan fingerprint density at radius 1 is 0.885 bits per heavy atom. The van der Waals surface area contributed by atoms with Gasteiger partial charge in [-0.1, -0.05) is 48.0 Å². The van der Waals surface area contributed by atoms with E-state index in [0.29, 0.717) is 11.4 Å². The van der Waals surface area contributed by atoms with Crippen LogP contribution in [0.4, 0.5) is 5.69 Å². The molecule has 3 rings (SSSR count). The summed E-state index contributed by atoms with van der Waals surface area (Å²) < 4.78 is 33.4. The van der Waals surface area contributed by atoms with Gasteiger partial charge in [0.2, 0.25) is 0 Å². The van der Waals surface area contributed by atoms with Gasteiger partial charge < -0.3 is 4.74 Å². The van der Waals surface area contributed by atoms with E-state index in [-0.39, 0.29) is 4.90 Å². The van der Waals surface area contributed by atoms with Gasteiger partial charge in [-0.3, -0.25) is 4.72 Å². The summed E-state index contributed by atoms with van der Waals surface area (Å²) in [7, 11) is -2.16. The highest BCUT2D eigenvalue weighted by molar-refractivity contribution is 7.92. The van der Waals surface area contributed by atoms with Crippen molar-refractivity contribution in [2.45, 2.75) is 18.7 Å². The highest BCUT2D eigenvalue weighted by atomic mass is 32.2. The number of rotatable bonds is 5. The van der Waals surface area contributed by atoms with E-state index in [1.807, 2.05) is 50.2 Å². The summed E-state index contributed by atoms with van der Waals surface area (Å²) in [6, 6.07) is 20.3. The highest BCUT2D eigenvalue weighted by Gasteiger charge is 2.18. The fourth-order valence-electron chi connectivity index (χ4n) is 2.79. The molecule has 0 fully saturated rings. The van der Waals surface area contributed by atoms with Crippen molar-refractivity contribution >= 4 is 15.7 Å². The number of sulfonamides is 1. The quantitative estimate of drug-likeness (QED) is 0.706. The van der Waals surface area contributed by atoms with Crippen LogP contribution in [0.25, 0.3) is 11.1 Å². The minimum Gasteiger partial charge on any atom is -0.495 e.